The summed E-state index contributed by atoms with van der Waals surface area (Å²) in [4.78, 5) is 10.7. The second kappa shape index (κ2) is 6.24. The Labute approximate surface area is 130 Å². The first-order valence-electron chi connectivity index (χ1n) is 6.29. The van der Waals surface area contributed by atoms with Crippen molar-refractivity contribution < 1.29 is 14.8 Å². The predicted octanol–water partition coefficient (Wildman–Crippen LogP) is 4.51. The van der Waals surface area contributed by atoms with Gasteiger partial charge in [0.25, 0.3) is 0 Å². The Morgan fingerprint density at radius 3 is 2.62 bits per heavy atom. The lowest BCUT2D eigenvalue weighted by Gasteiger charge is -2.11. The van der Waals surface area contributed by atoms with Gasteiger partial charge in [0.15, 0.2) is 0 Å². The molecule has 0 aliphatic heterocycles. The molecule has 0 heterocycles. The van der Waals surface area contributed by atoms with Gasteiger partial charge in [-0.1, -0.05) is 34.1 Å². The molecule has 2 aromatic carbocycles. The molecule has 6 heteroatoms. The van der Waals surface area contributed by atoms with Gasteiger partial charge in [-0.25, -0.2) is 0 Å². The average molecular weight is 352 g/mol. The molecule has 1 unspecified atom stereocenters. The van der Waals surface area contributed by atoms with E-state index in [1.165, 1.54) is 0 Å². The van der Waals surface area contributed by atoms with E-state index in [9.17, 15) is 15.2 Å². The van der Waals surface area contributed by atoms with Crippen LogP contribution >= 0.6 is 15.9 Å². The Morgan fingerprint density at radius 1 is 1.33 bits per heavy atom. The highest BCUT2D eigenvalue weighted by Crippen LogP contribution is 2.35. The molecule has 0 radical (unpaired) electrons. The molecule has 0 bridgehead atoms. The Hall–Kier alpha value is -1.92. The minimum atomic E-state index is -0.610. The monoisotopic (exact) mass is 351 g/mol. The summed E-state index contributed by atoms with van der Waals surface area (Å²) in [6.45, 7) is 3.32. The van der Waals surface area contributed by atoms with E-state index in [0.717, 1.165) is 5.56 Å². The predicted molar refractivity (Wildman–Crippen MR) is 82.7 cm³/mol. The van der Waals surface area contributed by atoms with Crippen molar-refractivity contribution in [2.45, 2.75) is 20.0 Å². The van der Waals surface area contributed by atoms with E-state index in [1.54, 1.807) is 50.2 Å². The number of ether oxygens (including phenoxy) is 1. The molecule has 110 valence electrons. The van der Waals surface area contributed by atoms with Crippen LogP contribution < -0.4 is 4.74 Å². The van der Waals surface area contributed by atoms with Gasteiger partial charge >= 0.3 is 5.69 Å². The van der Waals surface area contributed by atoms with Crippen molar-refractivity contribution in [3.05, 3.63) is 62.1 Å². The van der Waals surface area contributed by atoms with E-state index in [2.05, 4.69) is 15.9 Å². The smallest absolute Gasteiger partial charge is 0.314 e. The molecule has 0 saturated carbocycles. The number of nitro benzene ring substituents is 1. The zero-order valence-corrected chi connectivity index (χ0v) is 13.1. The molecule has 0 amide bonds. The molecule has 0 aromatic heterocycles. The number of aryl methyl sites for hydroxylation is 1. The summed E-state index contributed by atoms with van der Waals surface area (Å²) in [6.07, 6.45) is -0.610. The molecule has 2 aromatic rings. The number of rotatable bonds is 4. The van der Waals surface area contributed by atoms with E-state index < -0.39 is 11.0 Å². The van der Waals surface area contributed by atoms with E-state index in [0.29, 0.717) is 15.8 Å². The number of nitrogens with zero attached hydrogens (tertiary/aromatic N) is 1. The largest absolute Gasteiger partial charge is 0.450 e. The number of para-hydroxylation sites is 1. The van der Waals surface area contributed by atoms with Gasteiger partial charge in [-0.15, -0.1) is 0 Å². The number of hydrogen-bond donors (Lipinski definition) is 1. The van der Waals surface area contributed by atoms with Gasteiger partial charge in [0.05, 0.1) is 11.0 Å². The lowest BCUT2D eigenvalue weighted by Crippen LogP contribution is -1.97. The number of benzene rings is 2. The molecule has 0 spiro atoms. The quantitative estimate of drug-likeness (QED) is 0.649. The Balaban J connectivity index is 2.37. The lowest BCUT2D eigenvalue weighted by molar-refractivity contribution is -0.386. The van der Waals surface area contributed by atoms with E-state index >= 15 is 0 Å². The van der Waals surface area contributed by atoms with E-state index in [1.807, 2.05) is 0 Å². The summed E-state index contributed by atoms with van der Waals surface area (Å²) in [5.41, 5.74) is 1.21. The van der Waals surface area contributed by atoms with Gasteiger partial charge in [-0.05, 0) is 37.6 Å². The van der Waals surface area contributed by atoms with Crippen molar-refractivity contribution in [1.82, 2.24) is 0 Å². The maximum absolute atomic E-state index is 11.1. The number of nitro groups is 1. The molecule has 0 aliphatic carbocycles. The highest BCUT2D eigenvalue weighted by molar-refractivity contribution is 9.10. The van der Waals surface area contributed by atoms with Crippen molar-refractivity contribution in [3.63, 3.8) is 0 Å². The summed E-state index contributed by atoms with van der Waals surface area (Å²) in [5, 5.41) is 20.7. The van der Waals surface area contributed by atoms with Crippen molar-refractivity contribution in [1.29, 1.82) is 0 Å². The standard InChI is InChI=1S/C15H14BrNO4/c1-9-4-3-5-14(15(9)17(19)20)21-11-6-7-12(10(2)18)13(16)8-11/h3-8,10,18H,1-2H3. The SMILES string of the molecule is Cc1cccc(Oc2ccc(C(C)O)c(Br)c2)c1[N+](=O)[O-]. The molecule has 2 rings (SSSR count). The Bertz CT molecular complexity index is 685. The fourth-order valence-corrected chi connectivity index (χ4v) is 2.67. The Kier molecular flexibility index (Phi) is 4.59. The van der Waals surface area contributed by atoms with Crippen LogP contribution in [0.1, 0.15) is 24.2 Å². The molecule has 1 atom stereocenters. The minimum Gasteiger partial charge on any atom is -0.450 e. The molecule has 0 saturated heterocycles. The maximum atomic E-state index is 11.1. The zero-order valence-electron chi connectivity index (χ0n) is 11.5. The van der Waals surface area contributed by atoms with Gasteiger partial charge in [0.2, 0.25) is 5.75 Å². The fourth-order valence-electron chi connectivity index (χ4n) is 1.99. The molecule has 5 nitrogen and oxygen atoms in total. The highest BCUT2D eigenvalue weighted by Gasteiger charge is 2.19. The first kappa shape index (κ1) is 15.5. The highest BCUT2D eigenvalue weighted by atomic mass is 79.9. The van der Waals surface area contributed by atoms with Crippen LogP contribution in [-0.4, -0.2) is 10.0 Å². The third-order valence-corrected chi connectivity index (χ3v) is 3.72. The van der Waals surface area contributed by atoms with Crippen LogP contribution in [0.15, 0.2) is 40.9 Å². The summed E-state index contributed by atoms with van der Waals surface area (Å²) in [7, 11) is 0. The topological polar surface area (TPSA) is 72.6 Å². The van der Waals surface area contributed by atoms with Crippen LogP contribution in [-0.2, 0) is 0 Å². The second-order valence-corrected chi connectivity index (χ2v) is 5.49. The summed E-state index contributed by atoms with van der Waals surface area (Å²) >= 11 is 3.35. The lowest BCUT2D eigenvalue weighted by atomic mass is 10.1. The van der Waals surface area contributed by atoms with Gasteiger partial charge in [-0.2, -0.15) is 0 Å². The van der Waals surface area contributed by atoms with Crippen LogP contribution in [0.25, 0.3) is 0 Å². The molecule has 1 N–H and O–H groups in total. The van der Waals surface area contributed by atoms with Crippen LogP contribution in [0.2, 0.25) is 0 Å². The number of hydrogen-bond acceptors (Lipinski definition) is 4. The van der Waals surface area contributed by atoms with Crippen molar-refractivity contribution in [2.24, 2.45) is 0 Å². The summed E-state index contributed by atoms with van der Waals surface area (Å²) < 4.78 is 6.30. The number of halogens is 1. The number of aliphatic hydroxyl groups excluding tert-OH is 1. The second-order valence-electron chi connectivity index (χ2n) is 4.64. The van der Waals surface area contributed by atoms with E-state index in [4.69, 9.17) is 4.74 Å². The molecule has 0 aliphatic rings. The van der Waals surface area contributed by atoms with Gasteiger partial charge in [0.1, 0.15) is 5.75 Å². The van der Waals surface area contributed by atoms with Gasteiger partial charge in [0, 0.05) is 10.0 Å². The van der Waals surface area contributed by atoms with Crippen molar-refractivity contribution in [2.75, 3.05) is 0 Å². The van der Waals surface area contributed by atoms with Crippen LogP contribution in [0.4, 0.5) is 5.69 Å². The molecular weight excluding hydrogens is 338 g/mol. The summed E-state index contributed by atoms with van der Waals surface area (Å²) in [6, 6.07) is 9.98. The number of aliphatic hydroxyl groups is 1. The first-order chi connectivity index (χ1) is 9.90. The normalized spacial score (nSPS) is 12.0. The Morgan fingerprint density at radius 2 is 2.05 bits per heavy atom. The minimum absolute atomic E-state index is 0.0479. The van der Waals surface area contributed by atoms with Crippen molar-refractivity contribution >= 4 is 21.6 Å². The van der Waals surface area contributed by atoms with E-state index in [-0.39, 0.29) is 11.4 Å². The molecule has 0 fully saturated rings. The molecule has 21 heavy (non-hydrogen) atoms. The van der Waals surface area contributed by atoms with Crippen LogP contribution in [0.5, 0.6) is 11.5 Å². The fraction of sp³-hybridized carbons (Fsp3) is 0.200. The third-order valence-electron chi connectivity index (χ3n) is 3.03. The van der Waals surface area contributed by atoms with Crippen molar-refractivity contribution in [3.8, 4) is 11.5 Å². The average Bonchev–Trinajstić information content (AvgIpc) is 2.37. The first-order valence-corrected chi connectivity index (χ1v) is 7.09. The third kappa shape index (κ3) is 3.40. The zero-order chi connectivity index (χ0) is 15.6. The maximum Gasteiger partial charge on any atom is 0.314 e. The van der Waals surface area contributed by atoms with Crippen LogP contribution in [0, 0.1) is 17.0 Å². The van der Waals surface area contributed by atoms with Crippen LogP contribution in [0.3, 0.4) is 0 Å². The summed E-state index contributed by atoms with van der Waals surface area (Å²) in [5.74, 6) is 0.650. The van der Waals surface area contributed by atoms with Gasteiger partial charge < -0.3 is 9.84 Å². The molecular formula is C15H14BrNO4. The van der Waals surface area contributed by atoms with Gasteiger partial charge in [-0.3, -0.25) is 10.1 Å².